The molecule has 1 aliphatic heterocycles. The van der Waals surface area contributed by atoms with Gasteiger partial charge in [-0.25, -0.2) is 4.79 Å². The Bertz CT molecular complexity index is 553. The fourth-order valence-corrected chi connectivity index (χ4v) is 2.05. The van der Waals surface area contributed by atoms with Crippen LogP contribution >= 0.6 is 15.9 Å². The second-order valence-electron chi connectivity index (χ2n) is 3.99. The van der Waals surface area contributed by atoms with Crippen LogP contribution in [0.25, 0.3) is 0 Å². The minimum absolute atomic E-state index is 0.133. The summed E-state index contributed by atoms with van der Waals surface area (Å²) < 4.78 is 33.1. The smallest absolute Gasteiger partial charge is 0.351 e. The zero-order chi connectivity index (χ0) is 14.4. The molecule has 7 nitrogen and oxygen atoms in total. The predicted octanol–water partition coefficient (Wildman–Crippen LogP) is -0.526. The van der Waals surface area contributed by atoms with Gasteiger partial charge in [0.25, 0.3) is 0 Å². The molecule has 2 heterocycles. The van der Waals surface area contributed by atoms with Crippen LogP contribution in [-0.2, 0) is 4.74 Å². The lowest BCUT2D eigenvalue weighted by Crippen LogP contribution is -2.41. The Morgan fingerprint density at radius 2 is 2.26 bits per heavy atom. The standard InChI is InChI=1S/C9H10BrF2N3O4/c10-3-1-15(8(18)14-6(3)13)7-9(11,12)5(17)4(2-16)19-7/h1,4-5,7,16-17H,2H2,(H2,13,14,18)/t4-,5-,7+/m0/s1. The Kier molecular flexibility index (Phi) is 3.60. The third-order valence-corrected chi connectivity index (χ3v) is 3.36. The summed E-state index contributed by atoms with van der Waals surface area (Å²) in [5.74, 6) is -3.89. The highest BCUT2D eigenvalue weighted by Gasteiger charge is 2.59. The second-order valence-corrected chi connectivity index (χ2v) is 4.85. The van der Waals surface area contributed by atoms with Gasteiger partial charge in [0.05, 0.1) is 11.1 Å². The minimum atomic E-state index is -3.74. The first-order valence-electron chi connectivity index (χ1n) is 5.15. The van der Waals surface area contributed by atoms with Gasteiger partial charge in [0.15, 0.2) is 6.10 Å². The van der Waals surface area contributed by atoms with Crippen molar-refractivity contribution in [2.45, 2.75) is 24.4 Å². The van der Waals surface area contributed by atoms with E-state index in [0.29, 0.717) is 4.57 Å². The van der Waals surface area contributed by atoms with Crippen molar-refractivity contribution in [3.8, 4) is 0 Å². The number of nitrogen functional groups attached to an aromatic ring is 1. The van der Waals surface area contributed by atoms with E-state index in [0.717, 1.165) is 6.20 Å². The van der Waals surface area contributed by atoms with Gasteiger partial charge in [-0.3, -0.25) is 4.57 Å². The number of rotatable bonds is 2. The van der Waals surface area contributed by atoms with Gasteiger partial charge < -0.3 is 20.7 Å². The Morgan fingerprint density at radius 3 is 2.79 bits per heavy atom. The molecule has 1 fully saturated rings. The second kappa shape index (κ2) is 4.78. The van der Waals surface area contributed by atoms with Gasteiger partial charge in [-0.05, 0) is 15.9 Å². The molecule has 1 aromatic heterocycles. The molecule has 19 heavy (non-hydrogen) atoms. The molecule has 0 amide bonds. The van der Waals surface area contributed by atoms with Crippen molar-refractivity contribution < 1.29 is 23.7 Å². The van der Waals surface area contributed by atoms with Gasteiger partial charge in [-0.1, -0.05) is 0 Å². The summed E-state index contributed by atoms with van der Waals surface area (Å²) in [5, 5.41) is 18.2. The third-order valence-electron chi connectivity index (χ3n) is 2.75. The average molecular weight is 342 g/mol. The minimum Gasteiger partial charge on any atom is -0.394 e. The SMILES string of the molecule is Nc1nc(=O)n([C@@H]2O[C@@H](CO)[C@H](O)C2(F)F)cc1Br. The van der Waals surface area contributed by atoms with Crippen molar-refractivity contribution in [1.82, 2.24) is 9.55 Å². The van der Waals surface area contributed by atoms with E-state index in [1.807, 2.05) is 0 Å². The highest BCUT2D eigenvalue weighted by Crippen LogP contribution is 2.42. The summed E-state index contributed by atoms with van der Waals surface area (Å²) in [4.78, 5) is 14.9. The Labute approximate surface area is 113 Å². The molecule has 0 aromatic carbocycles. The molecule has 1 saturated heterocycles. The van der Waals surface area contributed by atoms with Gasteiger partial charge >= 0.3 is 11.6 Å². The fourth-order valence-electron chi connectivity index (χ4n) is 1.74. The van der Waals surface area contributed by atoms with Crippen LogP contribution in [0.5, 0.6) is 0 Å². The number of ether oxygens (including phenoxy) is 1. The molecule has 0 bridgehead atoms. The quantitative estimate of drug-likeness (QED) is 0.667. The first kappa shape index (κ1) is 14.3. The van der Waals surface area contributed by atoms with Crippen molar-refractivity contribution >= 4 is 21.7 Å². The molecule has 0 spiro atoms. The van der Waals surface area contributed by atoms with Crippen LogP contribution in [0.2, 0.25) is 0 Å². The average Bonchev–Trinajstić information content (AvgIpc) is 2.56. The number of alkyl halides is 2. The molecule has 4 N–H and O–H groups in total. The van der Waals surface area contributed by atoms with Gasteiger partial charge in [0.1, 0.15) is 11.9 Å². The number of aliphatic hydroxyl groups is 2. The summed E-state index contributed by atoms with van der Waals surface area (Å²) in [6, 6.07) is 0. The summed E-state index contributed by atoms with van der Waals surface area (Å²) in [6.45, 7) is -0.800. The molecule has 0 unspecified atom stereocenters. The molecule has 1 aromatic rings. The highest BCUT2D eigenvalue weighted by atomic mass is 79.9. The molecule has 3 atom stereocenters. The number of nitrogens with zero attached hydrogens (tertiary/aromatic N) is 2. The van der Waals surface area contributed by atoms with E-state index in [2.05, 4.69) is 20.9 Å². The lowest BCUT2D eigenvalue weighted by atomic mass is 10.1. The number of halogens is 3. The molecule has 10 heteroatoms. The number of aromatic nitrogens is 2. The van der Waals surface area contributed by atoms with E-state index in [1.165, 1.54) is 0 Å². The van der Waals surface area contributed by atoms with Crippen LogP contribution in [0.1, 0.15) is 6.23 Å². The normalized spacial score (nSPS) is 29.6. The number of aliphatic hydroxyl groups excluding tert-OH is 2. The van der Waals surface area contributed by atoms with Crippen LogP contribution in [0.4, 0.5) is 14.6 Å². The van der Waals surface area contributed by atoms with Gasteiger partial charge in [0.2, 0.25) is 6.23 Å². The molecule has 2 rings (SSSR count). The predicted molar refractivity (Wildman–Crippen MR) is 62.6 cm³/mol. The van der Waals surface area contributed by atoms with E-state index in [-0.39, 0.29) is 10.3 Å². The highest BCUT2D eigenvalue weighted by molar-refractivity contribution is 9.10. The maximum atomic E-state index is 13.8. The van der Waals surface area contributed by atoms with Crippen LogP contribution in [-0.4, -0.2) is 44.5 Å². The third kappa shape index (κ3) is 2.24. The topological polar surface area (TPSA) is 111 Å². The molecule has 0 radical (unpaired) electrons. The van der Waals surface area contributed by atoms with Crippen LogP contribution < -0.4 is 11.4 Å². The van der Waals surface area contributed by atoms with Crippen molar-refractivity contribution in [2.24, 2.45) is 0 Å². The van der Waals surface area contributed by atoms with E-state index in [4.69, 9.17) is 15.6 Å². The van der Waals surface area contributed by atoms with Gasteiger partial charge in [-0.2, -0.15) is 13.8 Å². The Hall–Kier alpha value is -1.10. The molecule has 0 saturated carbocycles. The summed E-state index contributed by atoms with van der Waals surface area (Å²) in [5.41, 5.74) is 4.30. The fraction of sp³-hybridized carbons (Fsp3) is 0.556. The molecular formula is C9H10BrF2N3O4. The molecular weight excluding hydrogens is 332 g/mol. The van der Waals surface area contributed by atoms with E-state index < -0.39 is 36.7 Å². The largest absolute Gasteiger partial charge is 0.394 e. The maximum absolute atomic E-state index is 13.8. The zero-order valence-electron chi connectivity index (χ0n) is 9.33. The van der Waals surface area contributed by atoms with Crippen molar-refractivity contribution in [2.75, 3.05) is 12.3 Å². The molecule has 0 aliphatic carbocycles. The Morgan fingerprint density at radius 1 is 1.63 bits per heavy atom. The van der Waals surface area contributed by atoms with Crippen molar-refractivity contribution in [3.05, 3.63) is 21.2 Å². The summed E-state index contributed by atoms with van der Waals surface area (Å²) in [7, 11) is 0. The number of anilines is 1. The summed E-state index contributed by atoms with van der Waals surface area (Å²) in [6.07, 6.45) is -4.76. The Balaban J connectivity index is 2.48. The van der Waals surface area contributed by atoms with E-state index in [1.54, 1.807) is 0 Å². The van der Waals surface area contributed by atoms with Gasteiger partial charge in [0, 0.05) is 6.20 Å². The van der Waals surface area contributed by atoms with Crippen LogP contribution in [0.15, 0.2) is 15.5 Å². The first-order chi connectivity index (χ1) is 8.78. The maximum Gasteiger partial charge on any atom is 0.351 e. The lowest BCUT2D eigenvalue weighted by Gasteiger charge is -2.21. The van der Waals surface area contributed by atoms with Gasteiger partial charge in [-0.15, -0.1) is 0 Å². The van der Waals surface area contributed by atoms with E-state index >= 15 is 0 Å². The van der Waals surface area contributed by atoms with Crippen LogP contribution in [0, 0.1) is 0 Å². The molecule has 1 aliphatic rings. The van der Waals surface area contributed by atoms with Crippen LogP contribution in [0.3, 0.4) is 0 Å². The monoisotopic (exact) mass is 341 g/mol. The number of nitrogens with two attached hydrogens (primary N) is 1. The van der Waals surface area contributed by atoms with Crippen molar-refractivity contribution in [3.63, 3.8) is 0 Å². The molecule has 106 valence electrons. The van der Waals surface area contributed by atoms with E-state index in [9.17, 15) is 18.7 Å². The number of hydrogen-bond acceptors (Lipinski definition) is 6. The van der Waals surface area contributed by atoms with Crippen molar-refractivity contribution in [1.29, 1.82) is 0 Å². The summed E-state index contributed by atoms with van der Waals surface area (Å²) >= 11 is 2.95. The number of hydrogen-bond donors (Lipinski definition) is 3. The lowest BCUT2D eigenvalue weighted by molar-refractivity contribution is -0.141. The first-order valence-corrected chi connectivity index (χ1v) is 5.94. The zero-order valence-corrected chi connectivity index (χ0v) is 10.9.